The van der Waals surface area contributed by atoms with E-state index in [1.54, 1.807) is 17.2 Å². The summed E-state index contributed by atoms with van der Waals surface area (Å²) >= 11 is 0. The van der Waals surface area contributed by atoms with Gasteiger partial charge in [-0.1, -0.05) is 12.8 Å². The Morgan fingerprint density at radius 3 is 2.52 bits per heavy atom. The highest BCUT2D eigenvalue weighted by Crippen LogP contribution is 2.34. The fourth-order valence-electron chi connectivity index (χ4n) is 5.11. The summed E-state index contributed by atoms with van der Waals surface area (Å²) in [6.45, 7) is 0.646. The lowest BCUT2D eigenvalue weighted by atomic mass is 10.1. The van der Waals surface area contributed by atoms with Gasteiger partial charge >= 0.3 is 6.18 Å². The third-order valence-electron chi connectivity index (χ3n) is 7.23. The van der Waals surface area contributed by atoms with Crippen molar-refractivity contribution in [3.05, 3.63) is 58.2 Å². The van der Waals surface area contributed by atoms with Crippen LogP contribution in [0.25, 0.3) is 22.3 Å². The van der Waals surface area contributed by atoms with Crippen LogP contribution in [0.1, 0.15) is 43.1 Å². The minimum Gasteiger partial charge on any atom is -0.483 e. The summed E-state index contributed by atoms with van der Waals surface area (Å²) in [5.74, 6) is -1.72. The topological polar surface area (TPSA) is 115 Å². The maximum absolute atomic E-state index is 15.0. The molecular formula is C26H22F4N8O2. The molecule has 1 saturated carbocycles. The van der Waals surface area contributed by atoms with Gasteiger partial charge in [-0.3, -0.25) is 14.0 Å². The maximum Gasteiger partial charge on any atom is 0.449 e. The molecule has 2 fully saturated rings. The molecule has 1 saturated heterocycles. The second-order valence-electron chi connectivity index (χ2n) is 9.91. The number of ether oxygens (including phenoxy) is 1. The van der Waals surface area contributed by atoms with Crippen LogP contribution < -0.4 is 15.2 Å². The van der Waals surface area contributed by atoms with Crippen LogP contribution in [0.5, 0.6) is 5.75 Å². The van der Waals surface area contributed by atoms with Crippen molar-refractivity contribution in [1.29, 1.82) is 5.26 Å². The van der Waals surface area contributed by atoms with Crippen molar-refractivity contribution in [3.8, 4) is 23.1 Å². The first-order valence-electron chi connectivity index (χ1n) is 12.6. The number of aromatic nitrogens is 6. The van der Waals surface area contributed by atoms with E-state index in [0.29, 0.717) is 29.4 Å². The Bertz CT molecular complexity index is 1710. The van der Waals surface area contributed by atoms with E-state index in [9.17, 15) is 18.0 Å². The molecule has 206 valence electrons. The van der Waals surface area contributed by atoms with Crippen LogP contribution in [0.4, 0.5) is 23.5 Å². The minimum atomic E-state index is -4.95. The van der Waals surface area contributed by atoms with Gasteiger partial charge in [0.05, 0.1) is 43.2 Å². The number of anilines is 1. The molecule has 2 aliphatic rings. The Morgan fingerprint density at radius 1 is 1.10 bits per heavy atom. The summed E-state index contributed by atoms with van der Waals surface area (Å²) < 4.78 is 64.3. The lowest BCUT2D eigenvalue weighted by Crippen LogP contribution is -2.54. The van der Waals surface area contributed by atoms with Crippen molar-refractivity contribution in [3.63, 3.8) is 0 Å². The van der Waals surface area contributed by atoms with Gasteiger partial charge in [0.25, 0.3) is 5.56 Å². The van der Waals surface area contributed by atoms with Crippen molar-refractivity contribution in [1.82, 2.24) is 29.3 Å². The molecule has 1 aromatic carbocycles. The molecule has 14 heteroatoms. The summed E-state index contributed by atoms with van der Waals surface area (Å²) in [7, 11) is 0.945. The fourth-order valence-corrected chi connectivity index (χ4v) is 5.11. The van der Waals surface area contributed by atoms with Crippen LogP contribution in [0.2, 0.25) is 0 Å². The second kappa shape index (κ2) is 9.58. The molecule has 4 heterocycles. The Morgan fingerprint density at radius 2 is 1.85 bits per heavy atom. The zero-order valence-corrected chi connectivity index (χ0v) is 21.2. The smallest absolute Gasteiger partial charge is 0.449 e. The molecule has 0 atom stereocenters. The van der Waals surface area contributed by atoms with Gasteiger partial charge in [-0.2, -0.15) is 23.5 Å². The molecule has 10 nitrogen and oxygen atoms in total. The molecule has 40 heavy (non-hydrogen) atoms. The predicted octanol–water partition coefficient (Wildman–Crippen LogP) is 4.00. The van der Waals surface area contributed by atoms with Gasteiger partial charge in [0.1, 0.15) is 23.1 Å². The first-order valence-corrected chi connectivity index (χ1v) is 12.6. The number of nitrogens with zero attached hydrogens (tertiary/aromatic N) is 8. The average Bonchev–Trinajstić information content (AvgIpc) is 3.59. The monoisotopic (exact) mass is 554 g/mol. The van der Waals surface area contributed by atoms with Crippen molar-refractivity contribution in [2.75, 3.05) is 18.0 Å². The van der Waals surface area contributed by atoms with Crippen molar-refractivity contribution >= 4 is 17.0 Å². The Balaban J connectivity index is 1.35. The van der Waals surface area contributed by atoms with E-state index >= 15 is 4.39 Å². The number of rotatable bonds is 5. The standard InChI is InChI=1S/C26H22F4N8O2/c1-36-23(39)22-21(33-24(36)26(28,29)30)20(18-7-6-14(9-31)8-19(18)27)34-25(35-22)37-11-17(12-37)40-16-10-32-38(13-16)15-4-2-3-5-15/h6-8,10,13,15,17H,2-5,11-12H2,1H3. The first kappa shape index (κ1) is 25.7. The maximum atomic E-state index is 15.0. The number of hydrogen-bond donors (Lipinski definition) is 0. The van der Waals surface area contributed by atoms with E-state index in [1.807, 2.05) is 10.9 Å². The molecular weight excluding hydrogens is 532 g/mol. The highest BCUT2D eigenvalue weighted by Gasteiger charge is 2.38. The van der Waals surface area contributed by atoms with Crippen LogP contribution >= 0.6 is 0 Å². The van der Waals surface area contributed by atoms with Crippen LogP contribution in [0.3, 0.4) is 0 Å². The molecule has 0 amide bonds. The third-order valence-corrected chi connectivity index (χ3v) is 7.23. The van der Waals surface area contributed by atoms with Gasteiger partial charge in [-0.25, -0.2) is 19.3 Å². The minimum absolute atomic E-state index is 0.0127. The molecule has 3 aromatic heterocycles. The second-order valence-corrected chi connectivity index (χ2v) is 9.91. The van der Waals surface area contributed by atoms with Crippen molar-refractivity contribution < 1.29 is 22.3 Å². The van der Waals surface area contributed by atoms with Crippen molar-refractivity contribution in [2.24, 2.45) is 7.05 Å². The van der Waals surface area contributed by atoms with Crippen molar-refractivity contribution in [2.45, 2.75) is 44.0 Å². The third kappa shape index (κ3) is 4.51. The molecule has 0 unspecified atom stereocenters. The van der Waals surface area contributed by atoms with Crippen LogP contribution in [-0.4, -0.2) is 48.5 Å². The summed E-state index contributed by atoms with van der Waals surface area (Å²) in [4.78, 5) is 26.9. The summed E-state index contributed by atoms with van der Waals surface area (Å²) in [5, 5.41) is 13.5. The summed E-state index contributed by atoms with van der Waals surface area (Å²) in [6.07, 6.45) is 2.84. The number of nitriles is 1. The molecule has 6 rings (SSSR count). The number of benzene rings is 1. The largest absolute Gasteiger partial charge is 0.483 e. The van der Waals surface area contributed by atoms with Gasteiger partial charge < -0.3 is 9.64 Å². The van der Waals surface area contributed by atoms with Gasteiger partial charge in [0, 0.05) is 12.6 Å². The molecule has 1 aliphatic carbocycles. The highest BCUT2D eigenvalue weighted by atomic mass is 19.4. The number of hydrogen-bond acceptors (Lipinski definition) is 8. The van der Waals surface area contributed by atoms with E-state index in [4.69, 9.17) is 10.00 Å². The molecule has 4 aromatic rings. The summed E-state index contributed by atoms with van der Waals surface area (Å²) in [5.41, 5.74) is -2.42. The molecule has 0 radical (unpaired) electrons. The quantitative estimate of drug-likeness (QED) is 0.340. The number of alkyl halides is 3. The number of halogens is 4. The summed E-state index contributed by atoms with van der Waals surface area (Å²) in [6, 6.07) is 5.63. The van der Waals surface area contributed by atoms with Gasteiger partial charge in [0.15, 0.2) is 11.3 Å². The fraction of sp³-hybridized carbons (Fsp3) is 0.385. The zero-order chi connectivity index (χ0) is 28.2. The zero-order valence-electron chi connectivity index (χ0n) is 21.2. The van der Waals surface area contributed by atoms with Gasteiger partial charge in [0.2, 0.25) is 11.8 Å². The Labute approximate surface area is 224 Å². The van der Waals surface area contributed by atoms with E-state index in [0.717, 1.165) is 26.0 Å². The van der Waals surface area contributed by atoms with E-state index in [-0.39, 0.29) is 34.4 Å². The Hall–Kier alpha value is -4.54. The van der Waals surface area contributed by atoms with Gasteiger partial charge in [-0.15, -0.1) is 0 Å². The lowest BCUT2D eigenvalue weighted by Gasteiger charge is -2.38. The predicted molar refractivity (Wildman–Crippen MR) is 134 cm³/mol. The Kier molecular flexibility index (Phi) is 6.16. The number of fused-ring (bicyclic) bond motifs is 1. The molecule has 0 N–H and O–H groups in total. The van der Waals surface area contributed by atoms with Crippen LogP contribution in [0.15, 0.2) is 35.4 Å². The van der Waals surface area contributed by atoms with Gasteiger partial charge in [-0.05, 0) is 31.0 Å². The SMILES string of the molecule is Cn1c(C(F)(F)F)nc2c(-c3ccc(C#N)cc3F)nc(N3CC(Oc4cnn(C5CCCC5)c4)C3)nc2c1=O. The molecule has 1 aliphatic heterocycles. The lowest BCUT2D eigenvalue weighted by molar-refractivity contribution is -0.147. The molecule has 0 spiro atoms. The van der Waals surface area contributed by atoms with E-state index in [2.05, 4.69) is 20.1 Å². The normalized spacial score (nSPS) is 16.4. The molecule has 0 bridgehead atoms. The van der Waals surface area contributed by atoms with E-state index < -0.39 is 28.9 Å². The van der Waals surface area contributed by atoms with Crippen LogP contribution in [-0.2, 0) is 13.2 Å². The van der Waals surface area contributed by atoms with Crippen LogP contribution in [0, 0.1) is 17.1 Å². The average molecular weight is 555 g/mol. The highest BCUT2D eigenvalue weighted by molar-refractivity contribution is 5.90. The first-order chi connectivity index (χ1) is 19.1. The van der Waals surface area contributed by atoms with E-state index in [1.165, 1.54) is 25.0 Å².